The van der Waals surface area contributed by atoms with Gasteiger partial charge in [-0.05, 0) is 69.9 Å². The molecule has 37 heavy (non-hydrogen) atoms. The molecule has 8 nitrogen and oxygen atoms in total. The number of amides is 3. The van der Waals surface area contributed by atoms with Crippen molar-refractivity contribution >= 4 is 47.8 Å². The highest BCUT2D eigenvalue weighted by Crippen LogP contribution is 2.31. The van der Waals surface area contributed by atoms with Gasteiger partial charge in [0, 0.05) is 12.3 Å². The molecular formula is C27H36ClN3O5S. The van der Waals surface area contributed by atoms with Gasteiger partial charge in [-0.15, -0.1) is 0 Å². The second-order valence-corrected chi connectivity index (χ2v) is 10.5. The van der Waals surface area contributed by atoms with Crippen molar-refractivity contribution in [2.75, 3.05) is 24.2 Å². The number of para-hydroxylation sites is 1. The fourth-order valence-electron chi connectivity index (χ4n) is 3.81. The third kappa shape index (κ3) is 8.12. The van der Waals surface area contributed by atoms with E-state index in [2.05, 4.69) is 23.3 Å². The number of aliphatic hydroxyl groups is 1. The van der Waals surface area contributed by atoms with E-state index in [-0.39, 0.29) is 12.3 Å². The summed E-state index contributed by atoms with van der Waals surface area (Å²) >= 11 is 10.6. The number of halogens is 1. The van der Waals surface area contributed by atoms with Crippen LogP contribution in [0, 0.1) is 20.8 Å². The molecule has 0 aromatic heterocycles. The molecule has 2 aromatic rings. The molecule has 0 aliphatic carbocycles. The molecule has 0 spiro atoms. The van der Waals surface area contributed by atoms with Gasteiger partial charge in [-0.3, -0.25) is 9.59 Å². The molecule has 0 radical (unpaired) electrons. The largest absolute Gasteiger partial charge is 0.444 e. The molecule has 202 valence electrons. The van der Waals surface area contributed by atoms with Crippen LogP contribution in [-0.4, -0.2) is 58.5 Å². The van der Waals surface area contributed by atoms with E-state index < -0.39 is 42.2 Å². The summed E-state index contributed by atoms with van der Waals surface area (Å²) in [6, 6.07) is 8.49. The van der Waals surface area contributed by atoms with E-state index in [4.69, 9.17) is 16.3 Å². The molecule has 0 saturated carbocycles. The van der Waals surface area contributed by atoms with Crippen LogP contribution in [0.2, 0.25) is 5.02 Å². The predicted octanol–water partition coefficient (Wildman–Crippen LogP) is 4.59. The minimum absolute atomic E-state index is 0.0508. The Hall–Kier alpha value is -2.75. The van der Waals surface area contributed by atoms with Crippen LogP contribution in [0.1, 0.15) is 49.1 Å². The summed E-state index contributed by atoms with van der Waals surface area (Å²) in [6.45, 7) is 10.1. The molecule has 3 N–H and O–H groups in total. The van der Waals surface area contributed by atoms with Crippen LogP contribution in [0.3, 0.4) is 0 Å². The number of hydrogen-bond acceptors (Lipinski definition) is 6. The Morgan fingerprint density at radius 3 is 2.27 bits per heavy atom. The van der Waals surface area contributed by atoms with Crippen LogP contribution < -0.4 is 10.6 Å². The number of nitrogens with zero attached hydrogens (tertiary/aromatic N) is 1. The standard InChI is InChI=1S/C27H36ClN3O5S/c1-16-9-7-11-19(18(16)3)23(24(33)30-22-17(2)10-8-12-20(22)28)31(13-14-32)25(34)21(15-37)29-26(35)36-27(4,5)6/h7-12,21,23,32,37H,13-15H2,1-6H3,(H,29,35)(H,30,33). The molecule has 2 aromatic carbocycles. The van der Waals surface area contributed by atoms with Crippen LogP contribution in [0.15, 0.2) is 36.4 Å². The third-order valence-electron chi connectivity index (χ3n) is 5.77. The molecule has 0 fully saturated rings. The second-order valence-electron chi connectivity index (χ2n) is 9.75. The van der Waals surface area contributed by atoms with E-state index in [1.807, 2.05) is 32.9 Å². The van der Waals surface area contributed by atoms with E-state index >= 15 is 0 Å². The Morgan fingerprint density at radius 2 is 1.70 bits per heavy atom. The topological polar surface area (TPSA) is 108 Å². The van der Waals surface area contributed by atoms with Crippen molar-refractivity contribution in [3.63, 3.8) is 0 Å². The second kappa shape index (κ2) is 13.2. The molecule has 2 unspecified atom stereocenters. The van der Waals surface area contributed by atoms with Gasteiger partial charge in [-0.1, -0.05) is 41.9 Å². The number of rotatable bonds is 9. The fraction of sp³-hybridized carbons (Fsp3) is 0.444. The molecule has 2 rings (SSSR count). The summed E-state index contributed by atoms with van der Waals surface area (Å²) in [5, 5.41) is 15.6. The van der Waals surface area contributed by atoms with Crippen molar-refractivity contribution in [1.29, 1.82) is 0 Å². The lowest BCUT2D eigenvalue weighted by molar-refractivity contribution is -0.140. The lowest BCUT2D eigenvalue weighted by Gasteiger charge is -2.34. The average Bonchev–Trinajstić information content (AvgIpc) is 2.80. The van der Waals surface area contributed by atoms with Crippen molar-refractivity contribution < 1.29 is 24.2 Å². The van der Waals surface area contributed by atoms with Gasteiger partial charge in [0.2, 0.25) is 5.91 Å². The first-order valence-corrected chi connectivity index (χ1v) is 13.0. The molecule has 0 heterocycles. The Labute approximate surface area is 229 Å². The summed E-state index contributed by atoms with van der Waals surface area (Å²) in [5.74, 6) is -1.15. The molecule has 0 saturated heterocycles. The van der Waals surface area contributed by atoms with Crippen LogP contribution in [0.5, 0.6) is 0 Å². The monoisotopic (exact) mass is 549 g/mol. The number of aryl methyl sites for hydroxylation is 2. The minimum Gasteiger partial charge on any atom is -0.444 e. The zero-order valence-electron chi connectivity index (χ0n) is 22.1. The van der Waals surface area contributed by atoms with E-state index in [0.29, 0.717) is 16.3 Å². The number of ether oxygens (including phenoxy) is 1. The number of benzene rings is 2. The summed E-state index contributed by atoms with van der Waals surface area (Å²) in [4.78, 5) is 41.3. The Morgan fingerprint density at radius 1 is 1.08 bits per heavy atom. The first kappa shape index (κ1) is 30.5. The number of carbonyl (C=O) groups excluding carboxylic acids is 3. The number of alkyl carbamates (subject to hydrolysis) is 1. The molecular weight excluding hydrogens is 514 g/mol. The maximum absolute atomic E-state index is 13.8. The van der Waals surface area contributed by atoms with Gasteiger partial charge in [-0.25, -0.2) is 4.79 Å². The SMILES string of the molecule is Cc1cccc(C(C(=O)Nc2c(C)cccc2Cl)N(CCO)C(=O)C(CS)NC(=O)OC(C)(C)C)c1C. The third-order valence-corrected chi connectivity index (χ3v) is 6.45. The normalized spacial score (nSPS) is 12.9. The molecule has 2 atom stereocenters. The van der Waals surface area contributed by atoms with Crippen molar-refractivity contribution in [3.05, 3.63) is 63.7 Å². The van der Waals surface area contributed by atoms with Crippen LogP contribution in [0.25, 0.3) is 0 Å². The maximum Gasteiger partial charge on any atom is 0.408 e. The van der Waals surface area contributed by atoms with E-state index in [1.54, 1.807) is 45.0 Å². The van der Waals surface area contributed by atoms with Crippen molar-refractivity contribution in [2.45, 2.75) is 59.2 Å². The fourth-order valence-corrected chi connectivity index (χ4v) is 4.33. The van der Waals surface area contributed by atoms with Crippen LogP contribution in [0.4, 0.5) is 10.5 Å². The van der Waals surface area contributed by atoms with E-state index in [9.17, 15) is 19.5 Å². The maximum atomic E-state index is 13.8. The number of nitrogens with one attached hydrogen (secondary N) is 2. The van der Waals surface area contributed by atoms with Crippen molar-refractivity contribution in [3.8, 4) is 0 Å². The van der Waals surface area contributed by atoms with Gasteiger partial charge in [0.05, 0.1) is 17.3 Å². The summed E-state index contributed by atoms with van der Waals surface area (Å²) in [6.07, 6.45) is -0.789. The summed E-state index contributed by atoms with van der Waals surface area (Å²) in [7, 11) is 0. The van der Waals surface area contributed by atoms with E-state index in [1.165, 1.54) is 4.90 Å². The first-order valence-electron chi connectivity index (χ1n) is 11.9. The lowest BCUT2D eigenvalue weighted by atomic mass is 9.95. The lowest BCUT2D eigenvalue weighted by Crippen LogP contribution is -2.54. The zero-order chi connectivity index (χ0) is 27.9. The molecule has 0 aliphatic heterocycles. The molecule has 0 aliphatic rings. The smallest absolute Gasteiger partial charge is 0.408 e. The summed E-state index contributed by atoms with van der Waals surface area (Å²) in [5.41, 5.74) is 2.74. The van der Waals surface area contributed by atoms with Crippen LogP contribution in [-0.2, 0) is 14.3 Å². The van der Waals surface area contributed by atoms with E-state index in [0.717, 1.165) is 16.7 Å². The highest BCUT2D eigenvalue weighted by molar-refractivity contribution is 7.80. The van der Waals surface area contributed by atoms with Gasteiger partial charge in [-0.2, -0.15) is 12.6 Å². The van der Waals surface area contributed by atoms with Crippen molar-refractivity contribution in [2.24, 2.45) is 0 Å². The number of aliphatic hydroxyl groups excluding tert-OH is 1. The zero-order valence-corrected chi connectivity index (χ0v) is 23.7. The van der Waals surface area contributed by atoms with Crippen molar-refractivity contribution in [1.82, 2.24) is 10.2 Å². The quantitative estimate of drug-likeness (QED) is 0.342. The number of hydrogen-bond donors (Lipinski definition) is 4. The summed E-state index contributed by atoms with van der Waals surface area (Å²) < 4.78 is 5.29. The Bertz CT molecular complexity index is 1120. The molecule has 0 bridgehead atoms. The molecule has 10 heteroatoms. The highest BCUT2D eigenvalue weighted by Gasteiger charge is 2.36. The number of anilines is 1. The first-order chi connectivity index (χ1) is 17.3. The van der Waals surface area contributed by atoms with Gasteiger partial charge in [0.1, 0.15) is 17.7 Å². The predicted molar refractivity (Wildman–Crippen MR) is 149 cm³/mol. The van der Waals surface area contributed by atoms with Gasteiger partial charge in [0.25, 0.3) is 5.91 Å². The number of carbonyl (C=O) groups is 3. The minimum atomic E-state index is -1.13. The highest BCUT2D eigenvalue weighted by atomic mass is 35.5. The number of thiol groups is 1. The van der Waals surface area contributed by atoms with Gasteiger partial charge in [0.15, 0.2) is 0 Å². The Kier molecular flexibility index (Phi) is 10.8. The molecule has 3 amide bonds. The Balaban J connectivity index is 2.54. The average molecular weight is 550 g/mol. The van der Waals surface area contributed by atoms with Crippen LogP contribution >= 0.6 is 24.2 Å². The van der Waals surface area contributed by atoms with Gasteiger partial charge < -0.3 is 25.4 Å². The van der Waals surface area contributed by atoms with Gasteiger partial charge >= 0.3 is 6.09 Å².